The van der Waals surface area contributed by atoms with Crippen LogP contribution in [-0.2, 0) is 9.63 Å². The van der Waals surface area contributed by atoms with Crippen molar-refractivity contribution in [2.24, 2.45) is 0 Å². The lowest BCUT2D eigenvalue weighted by molar-refractivity contribution is -0.128. The number of benzene rings is 1. The number of hydrogen-bond acceptors (Lipinski definition) is 3. The van der Waals surface area contributed by atoms with Gasteiger partial charge in [-0.1, -0.05) is 12.1 Å². The van der Waals surface area contributed by atoms with Crippen molar-refractivity contribution in [2.45, 2.75) is 0 Å². The molecule has 0 spiro atoms. The van der Waals surface area contributed by atoms with Crippen LogP contribution in [0.3, 0.4) is 0 Å². The van der Waals surface area contributed by atoms with Gasteiger partial charge in [-0.05, 0) is 12.1 Å². The molecule has 1 aliphatic heterocycles. The first-order chi connectivity index (χ1) is 6.33. The highest BCUT2D eigenvalue weighted by Gasteiger charge is 2.24. The number of para-hydroxylation sites is 2. The van der Waals surface area contributed by atoms with E-state index in [4.69, 9.17) is 9.57 Å². The highest BCUT2D eigenvalue weighted by Crippen LogP contribution is 2.30. The topological polar surface area (TPSA) is 38.8 Å². The molecule has 2 rings (SSSR count). The minimum absolute atomic E-state index is 0.0326. The van der Waals surface area contributed by atoms with Gasteiger partial charge in [0.15, 0.2) is 6.61 Å². The average molecular weight is 179 g/mol. The second-order valence-electron chi connectivity index (χ2n) is 2.63. The zero-order valence-electron chi connectivity index (χ0n) is 7.19. The van der Waals surface area contributed by atoms with E-state index in [1.807, 2.05) is 12.1 Å². The number of amides is 1. The standard InChI is InChI=1S/C9H9NO3/c1-12-10-7-4-2-3-5-8(7)13-6-9(10)11/h2-5H,6H2,1H3. The lowest BCUT2D eigenvalue weighted by Gasteiger charge is -2.26. The molecule has 0 unspecified atom stereocenters. The Kier molecular flexibility index (Phi) is 1.90. The Labute approximate surface area is 75.6 Å². The number of nitrogens with zero attached hydrogens (tertiary/aromatic N) is 1. The van der Waals surface area contributed by atoms with Gasteiger partial charge in [0.25, 0.3) is 5.91 Å². The fraction of sp³-hybridized carbons (Fsp3) is 0.222. The van der Waals surface area contributed by atoms with E-state index in [1.165, 1.54) is 12.2 Å². The van der Waals surface area contributed by atoms with Crippen molar-refractivity contribution < 1.29 is 14.4 Å². The van der Waals surface area contributed by atoms with Gasteiger partial charge >= 0.3 is 0 Å². The normalized spacial score (nSPS) is 15.2. The maximum absolute atomic E-state index is 11.3. The third kappa shape index (κ3) is 1.25. The molecule has 1 aliphatic rings. The first kappa shape index (κ1) is 8.07. The Balaban J connectivity index is 2.45. The van der Waals surface area contributed by atoms with Crippen molar-refractivity contribution in [3.8, 4) is 5.75 Å². The summed E-state index contributed by atoms with van der Waals surface area (Å²) in [5.41, 5.74) is 0.654. The predicted molar refractivity (Wildman–Crippen MR) is 46.4 cm³/mol. The summed E-state index contributed by atoms with van der Waals surface area (Å²) in [7, 11) is 1.46. The number of ether oxygens (including phenoxy) is 1. The molecule has 4 nitrogen and oxygen atoms in total. The smallest absolute Gasteiger partial charge is 0.288 e. The van der Waals surface area contributed by atoms with E-state index >= 15 is 0 Å². The van der Waals surface area contributed by atoms with Gasteiger partial charge < -0.3 is 4.74 Å². The van der Waals surface area contributed by atoms with E-state index in [9.17, 15) is 4.79 Å². The van der Waals surface area contributed by atoms with Crippen LogP contribution in [-0.4, -0.2) is 19.6 Å². The van der Waals surface area contributed by atoms with Gasteiger partial charge in [-0.2, -0.15) is 5.06 Å². The lowest BCUT2D eigenvalue weighted by Crippen LogP contribution is -2.37. The van der Waals surface area contributed by atoms with E-state index in [0.29, 0.717) is 11.4 Å². The van der Waals surface area contributed by atoms with Gasteiger partial charge in [0.2, 0.25) is 0 Å². The molecule has 13 heavy (non-hydrogen) atoms. The Morgan fingerprint density at radius 3 is 3.00 bits per heavy atom. The molecule has 68 valence electrons. The monoisotopic (exact) mass is 179 g/mol. The summed E-state index contributed by atoms with van der Waals surface area (Å²) >= 11 is 0. The van der Waals surface area contributed by atoms with Crippen molar-refractivity contribution in [3.63, 3.8) is 0 Å². The SMILES string of the molecule is CON1C(=O)COc2ccccc21. The molecular weight excluding hydrogens is 170 g/mol. The predicted octanol–water partition coefficient (Wildman–Crippen LogP) is 0.973. The molecule has 0 fully saturated rings. The van der Waals surface area contributed by atoms with Gasteiger partial charge in [-0.25, -0.2) is 0 Å². The molecule has 0 radical (unpaired) electrons. The van der Waals surface area contributed by atoms with Crippen molar-refractivity contribution in [1.29, 1.82) is 0 Å². The Morgan fingerprint density at radius 1 is 1.46 bits per heavy atom. The van der Waals surface area contributed by atoms with Crippen LogP contribution in [0.4, 0.5) is 5.69 Å². The summed E-state index contributed by atoms with van der Waals surface area (Å²) in [6.07, 6.45) is 0. The highest BCUT2D eigenvalue weighted by atomic mass is 16.7. The van der Waals surface area contributed by atoms with Crippen molar-refractivity contribution in [2.75, 3.05) is 18.8 Å². The fourth-order valence-electron chi connectivity index (χ4n) is 1.28. The zero-order valence-corrected chi connectivity index (χ0v) is 7.19. The number of rotatable bonds is 1. The van der Waals surface area contributed by atoms with Crippen molar-refractivity contribution in [1.82, 2.24) is 0 Å². The Hall–Kier alpha value is -1.55. The van der Waals surface area contributed by atoms with Crippen molar-refractivity contribution >= 4 is 11.6 Å². The van der Waals surface area contributed by atoms with Gasteiger partial charge in [0.05, 0.1) is 7.11 Å². The Bertz CT molecular complexity index is 337. The maximum atomic E-state index is 11.3. The summed E-state index contributed by atoms with van der Waals surface area (Å²) in [4.78, 5) is 16.2. The molecule has 1 heterocycles. The number of fused-ring (bicyclic) bond motifs is 1. The minimum atomic E-state index is -0.193. The summed E-state index contributed by atoms with van der Waals surface area (Å²) in [5, 5.41) is 1.23. The lowest BCUT2D eigenvalue weighted by atomic mass is 10.2. The molecule has 0 aliphatic carbocycles. The molecule has 4 heteroatoms. The van der Waals surface area contributed by atoms with E-state index in [0.717, 1.165) is 0 Å². The van der Waals surface area contributed by atoms with Crippen LogP contribution in [0.2, 0.25) is 0 Å². The van der Waals surface area contributed by atoms with Crippen LogP contribution in [0.1, 0.15) is 0 Å². The van der Waals surface area contributed by atoms with E-state index < -0.39 is 0 Å². The number of carbonyl (C=O) groups excluding carboxylic acids is 1. The zero-order chi connectivity index (χ0) is 9.26. The molecule has 0 N–H and O–H groups in total. The molecule has 1 aromatic rings. The van der Waals surface area contributed by atoms with E-state index in [1.54, 1.807) is 12.1 Å². The molecule has 0 saturated heterocycles. The fourth-order valence-corrected chi connectivity index (χ4v) is 1.28. The molecular formula is C9H9NO3. The molecule has 0 atom stereocenters. The van der Waals surface area contributed by atoms with E-state index in [2.05, 4.69) is 0 Å². The summed E-state index contributed by atoms with van der Waals surface area (Å²) < 4.78 is 5.20. The first-order valence-corrected chi connectivity index (χ1v) is 3.92. The van der Waals surface area contributed by atoms with Crippen LogP contribution < -0.4 is 9.80 Å². The van der Waals surface area contributed by atoms with Crippen LogP contribution in [0, 0.1) is 0 Å². The second-order valence-corrected chi connectivity index (χ2v) is 2.63. The average Bonchev–Trinajstić information content (AvgIpc) is 2.18. The summed E-state index contributed by atoms with van der Waals surface area (Å²) in [6, 6.07) is 7.25. The van der Waals surface area contributed by atoms with Crippen molar-refractivity contribution in [3.05, 3.63) is 24.3 Å². The summed E-state index contributed by atoms with van der Waals surface area (Å²) in [6.45, 7) is 0.0326. The van der Waals surface area contributed by atoms with Gasteiger partial charge in [0, 0.05) is 0 Å². The van der Waals surface area contributed by atoms with Gasteiger partial charge in [-0.15, -0.1) is 0 Å². The number of carbonyl (C=O) groups is 1. The summed E-state index contributed by atoms with van der Waals surface area (Å²) in [5.74, 6) is 0.477. The van der Waals surface area contributed by atoms with Gasteiger partial charge in [-0.3, -0.25) is 9.63 Å². The van der Waals surface area contributed by atoms with Crippen LogP contribution in [0.25, 0.3) is 0 Å². The molecule has 0 saturated carbocycles. The molecule has 1 aromatic carbocycles. The number of hydrogen-bond donors (Lipinski definition) is 0. The third-order valence-corrected chi connectivity index (χ3v) is 1.84. The molecule has 0 bridgehead atoms. The second kappa shape index (κ2) is 3.06. The minimum Gasteiger partial charge on any atom is -0.481 e. The van der Waals surface area contributed by atoms with Crippen LogP contribution in [0.5, 0.6) is 5.75 Å². The number of anilines is 1. The first-order valence-electron chi connectivity index (χ1n) is 3.92. The molecule has 0 aromatic heterocycles. The van der Waals surface area contributed by atoms with Crippen LogP contribution >= 0.6 is 0 Å². The third-order valence-electron chi connectivity index (χ3n) is 1.84. The quantitative estimate of drug-likeness (QED) is 0.644. The van der Waals surface area contributed by atoms with Gasteiger partial charge in [0.1, 0.15) is 11.4 Å². The number of hydroxylamine groups is 1. The molecule has 1 amide bonds. The van der Waals surface area contributed by atoms with Crippen LogP contribution in [0.15, 0.2) is 24.3 Å². The maximum Gasteiger partial charge on any atom is 0.288 e. The largest absolute Gasteiger partial charge is 0.481 e. The van der Waals surface area contributed by atoms with E-state index in [-0.39, 0.29) is 12.5 Å². The Morgan fingerprint density at radius 2 is 2.23 bits per heavy atom. The highest BCUT2D eigenvalue weighted by molar-refractivity contribution is 5.95.